The number of amides is 1. The van der Waals surface area contributed by atoms with Gasteiger partial charge in [0.25, 0.3) is 0 Å². The monoisotopic (exact) mass is 442 g/mol. The number of piperidine rings is 1. The molecule has 0 radical (unpaired) electrons. The highest BCUT2D eigenvalue weighted by Crippen LogP contribution is 2.30. The Morgan fingerprint density at radius 2 is 1.76 bits per heavy atom. The van der Waals surface area contributed by atoms with Crippen LogP contribution in [-0.4, -0.2) is 25.6 Å². The molecular formula is C29H34N2O2. The molecule has 172 valence electrons. The van der Waals surface area contributed by atoms with Crippen LogP contribution < -0.4 is 15.4 Å². The molecule has 0 aliphatic carbocycles. The second kappa shape index (κ2) is 11.2. The number of carbonyl (C=O) groups excluding carboxylic acids is 1. The highest BCUT2D eigenvalue weighted by Gasteiger charge is 2.17. The Morgan fingerprint density at radius 3 is 2.52 bits per heavy atom. The molecule has 0 atom stereocenters. The molecule has 0 bridgehead atoms. The number of ether oxygens (including phenoxy) is 1. The van der Waals surface area contributed by atoms with Crippen molar-refractivity contribution in [3.63, 3.8) is 0 Å². The first-order valence-corrected chi connectivity index (χ1v) is 12.0. The van der Waals surface area contributed by atoms with Crippen molar-refractivity contribution in [2.75, 3.05) is 25.0 Å². The summed E-state index contributed by atoms with van der Waals surface area (Å²) >= 11 is 0. The number of carbonyl (C=O) groups is 1. The lowest BCUT2D eigenvalue weighted by Gasteiger charge is -2.25. The molecule has 4 rings (SSSR count). The third-order valence-electron chi connectivity index (χ3n) is 6.36. The Kier molecular flexibility index (Phi) is 7.79. The highest BCUT2D eigenvalue weighted by atomic mass is 16.5. The number of aryl methyl sites for hydroxylation is 2. The first kappa shape index (κ1) is 23.1. The minimum atomic E-state index is 0.0357. The van der Waals surface area contributed by atoms with Crippen molar-refractivity contribution in [2.24, 2.45) is 0 Å². The molecule has 1 aliphatic heterocycles. The molecule has 1 amide bonds. The van der Waals surface area contributed by atoms with Crippen LogP contribution in [0.25, 0.3) is 11.1 Å². The summed E-state index contributed by atoms with van der Waals surface area (Å²) in [7, 11) is 0. The van der Waals surface area contributed by atoms with Crippen LogP contribution >= 0.6 is 0 Å². The maximum atomic E-state index is 12.4. The van der Waals surface area contributed by atoms with Gasteiger partial charge in [0.05, 0.1) is 6.61 Å². The smallest absolute Gasteiger partial charge is 0.224 e. The number of rotatable bonds is 8. The second-order valence-electron chi connectivity index (χ2n) is 8.99. The molecule has 1 heterocycles. The summed E-state index contributed by atoms with van der Waals surface area (Å²) in [5.41, 5.74) is 7.20. The van der Waals surface area contributed by atoms with E-state index in [4.69, 9.17) is 4.74 Å². The number of benzene rings is 3. The molecule has 3 aromatic carbocycles. The lowest BCUT2D eigenvalue weighted by molar-refractivity contribution is -0.116. The molecule has 2 N–H and O–H groups in total. The van der Waals surface area contributed by atoms with Crippen LogP contribution in [0.1, 0.15) is 48.3 Å². The van der Waals surface area contributed by atoms with E-state index in [9.17, 15) is 4.79 Å². The summed E-state index contributed by atoms with van der Waals surface area (Å²) in [4.78, 5) is 12.4. The van der Waals surface area contributed by atoms with Gasteiger partial charge < -0.3 is 15.4 Å². The minimum absolute atomic E-state index is 0.0357. The van der Waals surface area contributed by atoms with E-state index in [2.05, 4.69) is 73.0 Å². The molecule has 0 spiro atoms. The largest absolute Gasteiger partial charge is 0.494 e. The molecule has 3 aromatic rings. The number of hydrogen-bond donors (Lipinski definition) is 2. The Labute approximate surface area is 197 Å². The summed E-state index contributed by atoms with van der Waals surface area (Å²) in [5.74, 6) is 1.44. The van der Waals surface area contributed by atoms with Crippen LogP contribution in [0.2, 0.25) is 0 Å². The van der Waals surface area contributed by atoms with Crippen molar-refractivity contribution in [3.8, 4) is 16.9 Å². The molecule has 1 saturated heterocycles. The van der Waals surface area contributed by atoms with Crippen molar-refractivity contribution >= 4 is 11.6 Å². The molecule has 0 saturated carbocycles. The van der Waals surface area contributed by atoms with Gasteiger partial charge in [-0.15, -0.1) is 0 Å². The summed E-state index contributed by atoms with van der Waals surface area (Å²) in [5, 5.41) is 6.49. The summed E-state index contributed by atoms with van der Waals surface area (Å²) in [6, 6.07) is 22.9. The van der Waals surface area contributed by atoms with Crippen molar-refractivity contribution < 1.29 is 9.53 Å². The van der Waals surface area contributed by atoms with Crippen LogP contribution in [0.4, 0.5) is 5.69 Å². The van der Waals surface area contributed by atoms with Gasteiger partial charge in [0, 0.05) is 12.1 Å². The van der Waals surface area contributed by atoms with Crippen LogP contribution in [0.15, 0.2) is 66.7 Å². The zero-order chi connectivity index (χ0) is 23.0. The molecule has 0 aromatic heterocycles. The normalized spacial score (nSPS) is 14.1. The predicted octanol–water partition coefficient (Wildman–Crippen LogP) is 6.24. The molecule has 0 unspecified atom stereocenters. The van der Waals surface area contributed by atoms with Gasteiger partial charge in [-0.3, -0.25) is 4.79 Å². The fraction of sp³-hybridized carbons (Fsp3) is 0.345. The average Bonchev–Trinajstić information content (AvgIpc) is 2.84. The molecule has 33 heavy (non-hydrogen) atoms. The van der Waals surface area contributed by atoms with Gasteiger partial charge in [-0.2, -0.15) is 0 Å². The fourth-order valence-electron chi connectivity index (χ4n) is 4.51. The molecular weight excluding hydrogens is 408 g/mol. The van der Waals surface area contributed by atoms with Crippen molar-refractivity contribution in [3.05, 3.63) is 83.4 Å². The lowest BCUT2D eigenvalue weighted by atomic mass is 9.87. The van der Waals surface area contributed by atoms with Crippen molar-refractivity contribution in [1.29, 1.82) is 0 Å². The third-order valence-corrected chi connectivity index (χ3v) is 6.36. The third kappa shape index (κ3) is 6.45. The van der Waals surface area contributed by atoms with E-state index in [1.165, 1.54) is 27.8 Å². The summed E-state index contributed by atoms with van der Waals surface area (Å²) in [6.45, 7) is 6.91. The van der Waals surface area contributed by atoms with Crippen molar-refractivity contribution in [2.45, 2.75) is 45.4 Å². The number of hydrogen-bond acceptors (Lipinski definition) is 3. The van der Waals surface area contributed by atoms with Gasteiger partial charge >= 0.3 is 0 Å². The van der Waals surface area contributed by atoms with E-state index in [1.807, 2.05) is 18.2 Å². The van der Waals surface area contributed by atoms with E-state index in [1.54, 1.807) is 0 Å². The Morgan fingerprint density at radius 1 is 0.970 bits per heavy atom. The molecule has 1 aliphatic rings. The maximum absolute atomic E-state index is 12.4. The summed E-state index contributed by atoms with van der Waals surface area (Å²) in [6.07, 6.45) is 3.43. The van der Waals surface area contributed by atoms with Crippen LogP contribution in [0.5, 0.6) is 5.75 Å². The second-order valence-corrected chi connectivity index (χ2v) is 8.99. The van der Waals surface area contributed by atoms with Gasteiger partial charge in [-0.05, 0) is 98.6 Å². The quantitative estimate of drug-likeness (QED) is 0.406. The lowest BCUT2D eigenvalue weighted by Crippen LogP contribution is -2.27. The topological polar surface area (TPSA) is 50.4 Å². The van der Waals surface area contributed by atoms with Gasteiger partial charge in [0.15, 0.2) is 0 Å². The maximum Gasteiger partial charge on any atom is 0.224 e. The average molecular weight is 443 g/mol. The first-order chi connectivity index (χ1) is 16.1. The van der Waals surface area contributed by atoms with E-state index in [-0.39, 0.29) is 5.91 Å². The SMILES string of the molecule is Cc1cccc(-c2ccc(OCCCC(=O)Nc3ccc(C)c(C4CCNCC4)c3)cc2)c1. The zero-order valence-electron chi connectivity index (χ0n) is 19.7. The number of anilines is 1. The van der Waals surface area contributed by atoms with Crippen LogP contribution in [0.3, 0.4) is 0 Å². The molecule has 4 nitrogen and oxygen atoms in total. The fourth-order valence-corrected chi connectivity index (χ4v) is 4.51. The van der Waals surface area contributed by atoms with Gasteiger partial charge in [-0.25, -0.2) is 0 Å². The molecule has 1 fully saturated rings. The van der Waals surface area contributed by atoms with E-state index >= 15 is 0 Å². The van der Waals surface area contributed by atoms with E-state index < -0.39 is 0 Å². The van der Waals surface area contributed by atoms with Crippen LogP contribution in [0, 0.1) is 13.8 Å². The summed E-state index contributed by atoms with van der Waals surface area (Å²) < 4.78 is 5.85. The first-order valence-electron chi connectivity index (χ1n) is 12.0. The molecule has 4 heteroatoms. The predicted molar refractivity (Wildman–Crippen MR) is 136 cm³/mol. The Hall–Kier alpha value is -3.11. The van der Waals surface area contributed by atoms with Crippen molar-refractivity contribution in [1.82, 2.24) is 5.32 Å². The van der Waals surface area contributed by atoms with Gasteiger partial charge in [0.2, 0.25) is 5.91 Å². The zero-order valence-corrected chi connectivity index (χ0v) is 19.7. The van der Waals surface area contributed by atoms with Gasteiger partial charge in [-0.1, -0.05) is 48.0 Å². The Bertz CT molecular complexity index is 1070. The van der Waals surface area contributed by atoms with Gasteiger partial charge in [0.1, 0.15) is 5.75 Å². The number of nitrogens with one attached hydrogen (secondary N) is 2. The minimum Gasteiger partial charge on any atom is -0.494 e. The van der Waals surface area contributed by atoms with E-state index in [0.29, 0.717) is 25.4 Å². The standard InChI is InChI=1S/C29H34N2O2/c1-21-5-3-6-25(19-21)23-9-12-27(13-10-23)33-18-4-7-29(32)31-26-11-8-22(2)28(20-26)24-14-16-30-17-15-24/h3,5-6,8-13,19-20,24,30H,4,7,14-18H2,1-2H3,(H,31,32). The van der Waals surface area contributed by atoms with Crippen LogP contribution in [-0.2, 0) is 4.79 Å². The highest BCUT2D eigenvalue weighted by molar-refractivity contribution is 5.90. The Balaban J connectivity index is 1.23. The van der Waals surface area contributed by atoms with E-state index in [0.717, 1.165) is 37.4 Å².